The zero-order valence-electron chi connectivity index (χ0n) is 10.8. The average Bonchev–Trinajstić information content (AvgIpc) is 2.38. The summed E-state index contributed by atoms with van der Waals surface area (Å²) in [6.45, 7) is 2.39. The van der Waals surface area contributed by atoms with Crippen molar-refractivity contribution in [3.05, 3.63) is 0 Å². The topological polar surface area (TPSA) is 83.6 Å². The molecule has 0 spiro atoms. The summed E-state index contributed by atoms with van der Waals surface area (Å²) < 4.78 is 22.2. The van der Waals surface area contributed by atoms with E-state index in [-0.39, 0.29) is 30.5 Å². The molecule has 0 saturated carbocycles. The van der Waals surface area contributed by atoms with E-state index in [1.165, 1.54) is 4.90 Å². The van der Waals surface area contributed by atoms with E-state index in [1.807, 2.05) is 6.92 Å². The van der Waals surface area contributed by atoms with Gasteiger partial charge in [-0.25, -0.2) is 8.42 Å². The van der Waals surface area contributed by atoms with Crippen LogP contribution in [0.3, 0.4) is 0 Å². The van der Waals surface area contributed by atoms with Gasteiger partial charge in [-0.15, -0.1) is 0 Å². The Labute approximate surface area is 108 Å². The summed E-state index contributed by atoms with van der Waals surface area (Å²) in [5.41, 5.74) is 0. The molecule has 1 aliphatic rings. The maximum Gasteiger partial charge on any atom is 0.245 e. The van der Waals surface area contributed by atoms with Crippen LogP contribution in [0.5, 0.6) is 0 Å². The van der Waals surface area contributed by atoms with Gasteiger partial charge in [-0.2, -0.15) is 0 Å². The molecule has 2 amide bonds. The molecule has 0 aromatic carbocycles. The Morgan fingerprint density at radius 2 is 2.06 bits per heavy atom. The van der Waals surface area contributed by atoms with E-state index < -0.39 is 15.9 Å². The molecule has 0 bridgehead atoms. The molecule has 1 rings (SSSR count). The molecule has 1 aliphatic heterocycles. The molecule has 0 aromatic rings. The molecule has 7 heteroatoms. The van der Waals surface area contributed by atoms with Gasteiger partial charge in [-0.3, -0.25) is 9.59 Å². The number of nitrogens with zero attached hydrogens (tertiary/aromatic N) is 1. The van der Waals surface area contributed by atoms with Crippen LogP contribution in [-0.4, -0.2) is 56.3 Å². The number of amides is 2. The SMILES string of the molecule is CCCC1NC(=O)CCN(CCS(C)(=O)=O)C1=O. The summed E-state index contributed by atoms with van der Waals surface area (Å²) in [7, 11) is -3.10. The molecule has 1 fully saturated rings. The van der Waals surface area contributed by atoms with Gasteiger partial charge in [0, 0.05) is 25.8 Å². The number of rotatable bonds is 5. The van der Waals surface area contributed by atoms with Crippen molar-refractivity contribution in [2.45, 2.75) is 32.2 Å². The van der Waals surface area contributed by atoms with Crippen LogP contribution in [0, 0.1) is 0 Å². The minimum absolute atomic E-state index is 0.0637. The first-order valence-corrected chi connectivity index (χ1v) is 8.15. The number of sulfone groups is 1. The standard InChI is InChI=1S/C11H20N2O4S/c1-3-4-9-11(15)13(6-5-10(14)12-9)7-8-18(2,16)17/h9H,3-8H2,1-2H3,(H,12,14). The lowest BCUT2D eigenvalue weighted by Crippen LogP contribution is -2.45. The van der Waals surface area contributed by atoms with Gasteiger partial charge in [0.2, 0.25) is 11.8 Å². The van der Waals surface area contributed by atoms with E-state index in [1.54, 1.807) is 0 Å². The molecule has 0 aromatic heterocycles. The first-order valence-electron chi connectivity index (χ1n) is 6.09. The number of hydrogen-bond donors (Lipinski definition) is 1. The average molecular weight is 276 g/mol. The van der Waals surface area contributed by atoms with Crippen molar-refractivity contribution in [2.24, 2.45) is 0 Å². The van der Waals surface area contributed by atoms with Gasteiger partial charge in [0.25, 0.3) is 0 Å². The van der Waals surface area contributed by atoms with Crippen LogP contribution >= 0.6 is 0 Å². The summed E-state index contributed by atoms with van der Waals surface area (Å²) in [6.07, 6.45) is 2.74. The Kier molecular flexibility index (Phi) is 5.13. The Morgan fingerprint density at radius 3 is 2.61 bits per heavy atom. The normalized spacial score (nSPS) is 21.7. The number of hydrogen-bond acceptors (Lipinski definition) is 4. The van der Waals surface area contributed by atoms with Crippen molar-refractivity contribution in [1.29, 1.82) is 0 Å². The third-order valence-electron chi connectivity index (χ3n) is 2.86. The van der Waals surface area contributed by atoms with Crippen molar-refractivity contribution in [1.82, 2.24) is 10.2 Å². The maximum absolute atomic E-state index is 12.1. The highest BCUT2D eigenvalue weighted by Gasteiger charge is 2.29. The zero-order valence-corrected chi connectivity index (χ0v) is 11.6. The summed E-state index contributed by atoms with van der Waals surface area (Å²) in [6, 6.07) is -0.510. The van der Waals surface area contributed by atoms with Gasteiger partial charge in [0.15, 0.2) is 0 Å². The van der Waals surface area contributed by atoms with Crippen molar-refractivity contribution < 1.29 is 18.0 Å². The highest BCUT2D eigenvalue weighted by Crippen LogP contribution is 2.08. The molecular formula is C11H20N2O4S. The van der Waals surface area contributed by atoms with E-state index in [2.05, 4.69) is 5.32 Å². The molecule has 0 aliphatic carbocycles. The maximum atomic E-state index is 12.1. The molecule has 1 heterocycles. The lowest BCUT2D eigenvalue weighted by Gasteiger charge is -2.23. The van der Waals surface area contributed by atoms with Gasteiger partial charge < -0.3 is 10.2 Å². The fraction of sp³-hybridized carbons (Fsp3) is 0.818. The number of carbonyl (C=O) groups excluding carboxylic acids is 2. The molecule has 104 valence electrons. The third-order valence-corrected chi connectivity index (χ3v) is 3.79. The highest BCUT2D eigenvalue weighted by atomic mass is 32.2. The van der Waals surface area contributed by atoms with Crippen LogP contribution in [0.2, 0.25) is 0 Å². The van der Waals surface area contributed by atoms with E-state index in [0.29, 0.717) is 13.0 Å². The smallest absolute Gasteiger partial charge is 0.245 e. The molecular weight excluding hydrogens is 256 g/mol. The monoisotopic (exact) mass is 276 g/mol. The molecule has 18 heavy (non-hydrogen) atoms. The number of carbonyl (C=O) groups is 2. The van der Waals surface area contributed by atoms with Crippen molar-refractivity contribution in [2.75, 3.05) is 25.1 Å². The lowest BCUT2D eigenvalue weighted by atomic mass is 10.1. The van der Waals surface area contributed by atoms with Gasteiger partial charge in [-0.05, 0) is 6.42 Å². The summed E-state index contributed by atoms with van der Waals surface area (Å²) in [4.78, 5) is 25.0. The molecule has 0 radical (unpaired) electrons. The highest BCUT2D eigenvalue weighted by molar-refractivity contribution is 7.90. The summed E-state index contributed by atoms with van der Waals surface area (Å²) >= 11 is 0. The van der Waals surface area contributed by atoms with Crippen molar-refractivity contribution in [3.8, 4) is 0 Å². The summed E-state index contributed by atoms with van der Waals surface area (Å²) in [5, 5.41) is 2.68. The summed E-state index contributed by atoms with van der Waals surface area (Å²) in [5.74, 6) is -0.388. The van der Waals surface area contributed by atoms with Crippen LogP contribution in [-0.2, 0) is 19.4 Å². The first-order chi connectivity index (χ1) is 8.33. The molecule has 1 atom stereocenters. The Hall–Kier alpha value is -1.11. The quantitative estimate of drug-likeness (QED) is 0.737. The Morgan fingerprint density at radius 1 is 1.39 bits per heavy atom. The predicted octanol–water partition coefficient (Wildman–Crippen LogP) is -0.452. The van der Waals surface area contributed by atoms with E-state index >= 15 is 0 Å². The minimum Gasteiger partial charge on any atom is -0.344 e. The second-order valence-corrected chi connectivity index (χ2v) is 6.87. The van der Waals surface area contributed by atoms with Crippen LogP contribution < -0.4 is 5.32 Å². The molecule has 6 nitrogen and oxygen atoms in total. The fourth-order valence-corrected chi connectivity index (χ4v) is 2.43. The van der Waals surface area contributed by atoms with E-state index in [0.717, 1.165) is 12.7 Å². The van der Waals surface area contributed by atoms with Crippen LogP contribution in [0.4, 0.5) is 0 Å². The van der Waals surface area contributed by atoms with Crippen molar-refractivity contribution in [3.63, 3.8) is 0 Å². The van der Waals surface area contributed by atoms with Gasteiger partial charge in [-0.1, -0.05) is 13.3 Å². The van der Waals surface area contributed by atoms with Crippen molar-refractivity contribution >= 4 is 21.7 Å². The van der Waals surface area contributed by atoms with Crippen LogP contribution in [0.25, 0.3) is 0 Å². The van der Waals surface area contributed by atoms with Gasteiger partial charge in [0.1, 0.15) is 15.9 Å². The predicted molar refractivity (Wildman–Crippen MR) is 67.7 cm³/mol. The fourth-order valence-electron chi connectivity index (χ4n) is 1.88. The van der Waals surface area contributed by atoms with E-state index in [9.17, 15) is 18.0 Å². The minimum atomic E-state index is -3.10. The van der Waals surface area contributed by atoms with E-state index in [4.69, 9.17) is 0 Å². The molecule has 1 saturated heterocycles. The van der Waals surface area contributed by atoms with Gasteiger partial charge in [0.05, 0.1) is 5.75 Å². The Balaban J connectivity index is 2.71. The van der Waals surface area contributed by atoms with Crippen LogP contribution in [0.1, 0.15) is 26.2 Å². The molecule has 1 N–H and O–H groups in total. The largest absolute Gasteiger partial charge is 0.344 e. The van der Waals surface area contributed by atoms with Crippen LogP contribution in [0.15, 0.2) is 0 Å². The lowest BCUT2D eigenvalue weighted by molar-refractivity contribution is -0.133. The van der Waals surface area contributed by atoms with Gasteiger partial charge >= 0.3 is 0 Å². The zero-order chi connectivity index (χ0) is 13.8. The molecule has 1 unspecified atom stereocenters. The number of nitrogens with one attached hydrogen (secondary N) is 1. The second kappa shape index (κ2) is 6.17. The third kappa shape index (κ3) is 4.64. The second-order valence-electron chi connectivity index (χ2n) is 4.61. The Bertz CT molecular complexity index is 419. The first kappa shape index (κ1) is 14.9.